The van der Waals surface area contributed by atoms with E-state index >= 15 is 0 Å². The lowest BCUT2D eigenvalue weighted by Gasteiger charge is -2.37. The molecule has 0 aromatic rings. The maximum atomic E-state index is 9.95. The van der Waals surface area contributed by atoms with Gasteiger partial charge in [-0.05, 0) is 58.8 Å². The molecular formula is C15H31N3O. The fraction of sp³-hybridized carbons (Fsp3) is 1.00. The summed E-state index contributed by atoms with van der Waals surface area (Å²) in [6, 6.07) is 0.682. The van der Waals surface area contributed by atoms with Crippen molar-refractivity contribution in [3.05, 3.63) is 0 Å². The van der Waals surface area contributed by atoms with Gasteiger partial charge in [0.2, 0.25) is 0 Å². The zero-order valence-corrected chi connectivity index (χ0v) is 12.9. The SMILES string of the molecule is CCCNC(CO)(CN1CCC(N(C)C)C1)C1CC1. The number of hydrogen-bond donors (Lipinski definition) is 2. The first-order valence-electron chi connectivity index (χ1n) is 7.86. The molecule has 2 N–H and O–H groups in total. The lowest BCUT2D eigenvalue weighted by atomic mass is 9.93. The normalized spacial score (nSPS) is 27.9. The van der Waals surface area contributed by atoms with Crippen molar-refractivity contribution in [1.29, 1.82) is 0 Å². The van der Waals surface area contributed by atoms with Gasteiger partial charge in [0.05, 0.1) is 12.1 Å². The zero-order valence-electron chi connectivity index (χ0n) is 12.9. The van der Waals surface area contributed by atoms with Crippen molar-refractivity contribution in [2.75, 3.05) is 46.9 Å². The first kappa shape index (κ1) is 15.2. The van der Waals surface area contributed by atoms with Crippen LogP contribution in [0.3, 0.4) is 0 Å². The molecule has 2 unspecified atom stereocenters. The summed E-state index contributed by atoms with van der Waals surface area (Å²) < 4.78 is 0. The molecule has 112 valence electrons. The highest BCUT2D eigenvalue weighted by molar-refractivity contribution is 5.03. The van der Waals surface area contributed by atoms with Crippen LogP contribution < -0.4 is 5.32 Å². The number of aliphatic hydroxyl groups excluding tert-OH is 1. The third kappa shape index (κ3) is 3.69. The van der Waals surface area contributed by atoms with Gasteiger partial charge in [-0.25, -0.2) is 0 Å². The Kier molecular flexibility index (Phi) is 5.23. The highest BCUT2D eigenvalue weighted by Gasteiger charge is 2.46. The van der Waals surface area contributed by atoms with Gasteiger partial charge in [-0.3, -0.25) is 4.90 Å². The molecule has 1 heterocycles. The summed E-state index contributed by atoms with van der Waals surface area (Å²) in [4.78, 5) is 4.87. The topological polar surface area (TPSA) is 38.7 Å². The number of rotatable bonds is 8. The molecule has 0 aromatic heterocycles. The van der Waals surface area contributed by atoms with Crippen LogP contribution in [-0.4, -0.2) is 73.4 Å². The third-order valence-corrected chi connectivity index (χ3v) is 4.85. The molecule has 4 heteroatoms. The molecule has 2 rings (SSSR count). The monoisotopic (exact) mass is 269 g/mol. The van der Waals surface area contributed by atoms with Gasteiger partial charge in [0.1, 0.15) is 0 Å². The van der Waals surface area contributed by atoms with Crippen LogP contribution in [0, 0.1) is 5.92 Å². The van der Waals surface area contributed by atoms with E-state index in [2.05, 4.69) is 36.1 Å². The Morgan fingerprint density at radius 1 is 1.32 bits per heavy atom. The van der Waals surface area contributed by atoms with Crippen LogP contribution >= 0.6 is 0 Å². The summed E-state index contributed by atoms with van der Waals surface area (Å²) in [5, 5.41) is 13.6. The standard InChI is InChI=1S/C15H31N3O/c1-4-8-16-15(12-19,13-5-6-13)11-18-9-7-14(10-18)17(2)3/h13-14,16,19H,4-12H2,1-3H3. The number of likely N-dealkylation sites (tertiary alicyclic amines) is 1. The summed E-state index contributed by atoms with van der Waals surface area (Å²) in [6.45, 7) is 6.82. The summed E-state index contributed by atoms with van der Waals surface area (Å²) in [6.07, 6.45) is 4.95. The van der Waals surface area contributed by atoms with Crippen LogP contribution in [-0.2, 0) is 0 Å². The molecule has 0 bridgehead atoms. The molecule has 0 spiro atoms. The molecule has 0 radical (unpaired) electrons. The molecule has 1 aliphatic carbocycles. The fourth-order valence-corrected chi connectivity index (χ4v) is 3.35. The predicted molar refractivity (Wildman–Crippen MR) is 79.4 cm³/mol. The molecule has 0 amide bonds. The van der Waals surface area contributed by atoms with Crippen molar-refractivity contribution in [3.63, 3.8) is 0 Å². The minimum atomic E-state index is -0.0444. The highest BCUT2D eigenvalue weighted by Crippen LogP contribution is 2.40. The Hall–Kier alpha value is -0.160. The van der Waals surface area contributed by atoms with Crippen molar-refractivity contribution in [2.24, 2.45) is 5.92 Å². The van der Waals surface area contributed by atoms with Gasteiger partial charge in [-0.15, -0.1) is 0 Å². The summed E-state index contributed by atoms with van der Waals surface area (Å²) in [5.74, 6) is 0.683. The number of aliphatic hydroxyl groups is 1. The lowest BCUT2D eigenvalue weighted by Crippen LogP contribution is -2.58. The van der Waals surface area contributed by atoms with Crippen LogP contribution in [0.4, 0.5) is 0 Å². The van der Waals surface area contributed by atoms with E-state index in [0.29, 0.717) is 12.0 Å². The van der Waals surface area contributed by atoms with E-state index in [9.17, 15) is 5.11 Å². The number of nitrogens with zero attached hydrogens (tertiary/aromatic N) is 2. The first-order chi connectivity index (χ1) is 9.11. The van der Waals surface area contributed by atoms with Gasteiger partial charge < -0.3 is 15.3 Å². The molecule has 1 saturated heterocycles. The van der Waals surface area contributed by atoms with Crippen molar-refractivity contribution in [3.8, 4) is 0 Å². The van der Waals surface area contributed by atoms with Gasteiger partial charge in [-0.1, -0.05) is 6.92 Å². The Morgan fingerprint density at radius 3 is 2.53 bits per heavy atom. The van der Waals surface area contributed by atoms with Crippen molar-refractivity contribution < 1.29 is 5.11 Å². The molecule has 2 fully saturated rings. The van der Waals surface area contributed by atoms with E-state index in [1.807, 2.05) is 0 Å². The molecule has 2 atom stereocenters. The minimum Gasteiger partial charge on any atom is -0.394 e. The van der Waals surface area contributed by atoms with E-state index in [4.69, 9.17) is 0 Å². The van der Waals surface area contributed by atoms with E-state index in [-0.39, 0.29) is 12.1 Å². The quantitative estimate of drug-likeness (QED) is 0.682. The molecule has 0 aromatic carbocycles. The Morgan fingerprint density at radius 2 is 2.05 bits per heavy atom. The number of likely N-dealkylation sites (N-methyl/N-ethyl adjacent to an activating group) is 1. The molecule has 4 nitrogen and oxygen atoms in total. The van der Waals surface area contributed by atoms with Crippen LogP contribution in [0.5, 0.6) is 0 Å². The van der Waals surface area contributed by atoms with Crippen molar-refractivity contribution in [1.82, 2.24) is 15.1 Å². The van der Waals surface area contributed by atoms with Gasteiger partial charge in [0.15, 0.2) is 0 Å². The molecule has 19 heavy (non-hydrogen) atoms. The zero-order chi connectivity index (χ0) is 13.9. The predicted octanol–water partition coefficient (Wildman–Crippen LogP) is 0.763. The van der Waals surface area contributed by atoms with E-state index in [0.717, 1.165) is 26.1 Å². The second-order valence-corrected chi connectivity index (χ2v) is 6.66. The summed E-state index contributed by atoms with van der Waals surface area (Å²) >= 11 is 0. The Balaban J connectivity index is 1.92. The average Bonchev–Trinajstić information content (AvgIpc) is 3.15. The maximum Gasteiger partial charge on any atom is 0.0628 e. The lowest BCUT2D eigenvalue weighted by molar-refractivity contribution is 0.0975. The van der Waals surface area contributed by atoms with Gasteiger partial charge in [0.25, 0.3) is 0 Å². The smallest absolute Gasteiger partial charge is 0.0628 e. The van der Waals surface area contributed by atoms with Gasteiger partial charge in [-0.2, -0.15) is 0 Å². The average molecular weight is 269 g/mol. The molecule has 1 aliphatic heterocycles. The molecule has 2 aliphatic rings. The van der Waals surface area contributed by atoms with Crippen molar-refractivity contribution >= 4 is 0 Å². The van der Waals surface area contributed by atoms with Crippen LogP contribution in [0.15, 0.2) is 0 Å². The fourth-order valence-electron chi connectivity index (χ4n) is 3.35. The van der Waals surface area contributed by atoms with Gasteiger partial charge in [0, 0.05) is 19.1 Å². The molecule has 1 saturated carbocycles. The Labute approximate surface area is 118 Å². The van der Waals surface area contributed by atoms with E-state index < -0.39 is 0 Å². The highest BCUT2D eigenvalue weighted by atomic mass is 16.3. The number of hydrogen-bond acceptors (Lipinski definition) is 4. The van der Waals surface area contributed by atoms with Crippen molar-refractivity contribution in [2.45, 2.75) is 44.2 Å². The summed E-state index contributed by atoms with van der Waals surface area (Å²) in [7, 11) is 4.34. The van der Waals surface area contributed by atoms with Gasteiger partial charge >= 0.3 is 0 Å². The van der Waals surface area contributed by atoms with E-state index in [1.54, 1.807) is 0 Å². The van der Waals surface area contributed by atoms with E-state index in [1.165, 1.54) is 25.8 Å². The van der Waals surface area contributed by atoms with Crippen LogP contribution in [0.1, 0.15) is 32.6 Å². The second-order valence-electron chi connectivity index (χ2n) is 6.66. The summed E-state index contributed by atoms with van der Waals surface area (Å²) in [5.41, 5.74) is -0.0444. The largest absolute Gasteiger partial charge is 0.394 e. The minimum absolute atomic E-state index is 0.0444. The Bertz CT molecular complexity index is 281. The third-order valence-electron chi connectivity index (χ3n) is 4.85. The maximum absolute atomic E-state index is 9.95. The molecular weight excluding hydrogens is 238 g/mol. The second kappa shape index (κ2) is 6.53. The first-order valence-corrected chi connectivity index (χ1v) is 7.86. The van der Waals surface area contributed by atoms with Crippen LogP contribution in [0.25, 0.3) is 0 Å². The number of nitrogens with one attached hydrogen (secondary N) is 1. The van der Waals surface area contributed by atoms with Crippen LogP contribution in [0.2, 0.25) is 0 Å².